The van der Waals surface area contributed by atoms with E-state index in [0.29, 0.717) is 6.61 Å². The number of rotatable bonds is 6. The summed E-state index contributed by atoms with van der Waals surface area (Å²) in [4.78, 5) is 0. The van der Waals surface area contributed by atoms with Crippen LogP contribution in [-0.4, -0.2) is 25.4 Å². The minimum absolute atomic E-state index is 0.0658. The van der Waals surface area contributed by atoms with Crippen LogP contribution in [0.2, 0.25) is 0 Å². The normalized spacial score (nSPS) is 13.3. The minimum Gasteiger partial charge on any atom is -0.489 e. The second-order valence-electron chi connectivity index (χ2n) is 5.85. The molecule has 0 saturated carbocycles. The van der Waals surface area contributed by atoms with Gasteiger partial charge in [-0.1, -0.05) is 0 Å². The fourth-order valence-electron chi connectivity index (χ4n) is 1.49. The molecule has 1 unspecified atom stereocenters. The van der Waals surface area contributed by atoms with E-state index < -0.39 is 0 Å². The molecule has 0 radical (unpaired) electrons. The Kier molecular flexibility index (Phi) is 6.98. The molecule has 1 N–H and O–H groups in total. The molecule has 0 fully saturated rings. The standard InChI is InChI=1S/C15H23Br2NO2/c1-10(19-5)9-20-14-12(16)6-11(7-13(14)17)8-18-15(2,3)4/h6-7,10,18H,8-9H2,1-5H3. The van der Waals surface area contributed by atoms with Crippen LogP contribution >= 0.6 is 31.9 Å². The average molecular weight is 409 g/mol. The van der Waals surface area contributed by atoms with Gasteiger partial charge in [0.15, 0.2) is 0 Å². The number of hydrogen-bond acceptors (Lipinski definition) is 3. The summed E-state index contributed by atoms with van der Waals surface area (Å²) in [6, 6.07) is 4.16. The highest BCUT2D eigenvalue weighted by Crippen LogP contribution is 2.35. The van der Waals surface area contributed by atoms with Crippen LogP contribution in [0.15, 0.2) is 21.1 Å². The lowest BCUT2D eigenvalue weighted by atomic mass is 10.1. The quantitative estimate of drug-likeness (QED) is 0.750. The maximum atomic E-state index is 5.78. The molecule has 1 atom stereocenters. The van der Waals surface area contributed by atoms with Crippen molar-refractivity contribution in [2.24, 2.45) is 0 Å². The molecule has 0 amide bonds. The molecule has 0 saturated heterocycles. The van der Waals surface area contributed by atoms with Gasteiger partial charge in [-0.15, -0.1) is 0 Å². The van der Waals surface area contributed by atoms with Gasteiger partial charge in [0, 0.05) is 19.2 Å². The summed E-state index contributed by atoms with van der Waals surface area (Å²) in [5, 5.41) is 3.47. The van der Waals surface area contributed by atoms with Gasteiger partial charge in [-0.25, -0.2) is 0 Å². The van der Waals surface area contributed by atoms with Crippen molar-refractivity contribution in [2.45, 2.75) is 45.9 Å². The molecule has 0 bridgehead atoms. The monoisotopic (exact) mass is 407 g/mol. The van der Waals surface area contributed by atoms with Gasteiger partial charge in [-0.05, 0) is 77.3 Å². The van der Waals surface area contributed by atoms with Gasteiger partial charge < -0.3 is 14.8 Å². The van der Waals surface area contributed by atoms with E-state index in [1.807, 2.05) is 6.92 Å². The van der Waals surface area contributed by atoms with Crippen molar-refractivity contribution >= 4 is 31.9 Å². The van der Waals surface area contributed by atoms with Crippen LogP contribution in [0.3, 0.4) is 0 Å². The van der Waals surface area contributed by atoms with E-state index >= 15 is 0 Å². The Balaban J connectivity index is 2.76. The molecule has 5 heteroatoms. The molecule has 3 nitrogen and oxygen atoms in total. The van der Waals surface area contributed by atoms with Crippen LogP contribution in [0.1, 0.15) is 33.3 Å². The fraction of sp³-hybridized carbons (Fsp3) is 0.600. The third-order valence-corrected chi connectivity index (χ3v) is 3.92. The van der Waals surface area contributed by atoms with Gasteiger partial charge in [0.1, 0.15) is 12.4 Å². The topological polar surface area (TPSA) is 30.5 Å². The zero-order chi connectivity index (χ0) is 15.3. The molecule has 20 heavy (non-hydrogen) atoms. The smallest absolute Gasteiger partial charge is 0.147 e. The molecule has 1 aromatic carbocycles. The summed E-state index contributed by atoms with van der Waals surface area (Å²) in [5.41, 5.74) is 1.30. The second kappa shape index (κ2) is 7.78. The number of benzene rings is 1. The van der Waals surface area contributed by atoms with Crippen LogP contribution in [0.4, 0.5) is 0 Å². The van der Waals surface area contributed by atoms with Crippen molar-refractivity contribution < 1.29 is 9.47 Å². The van der Waals surface area contributed by atoms with Crippen molar-refractivity contribution in [3.63, 3.8) is 0 Å². The van der Waals surface area contributed by atoms with E-state index in [1.165, 1.54) is 5.56 Å². The predicted octanol–water partition coefficient (Wildman–Crippen LogP) is 4.51. The van der Waals surface area contributed by atoms with E-state index in [2.05, 4.69) is 70.1 Å². The van der Waals surface area contributed by atoms with E-state index in [9.17, 15) is 0 Å². The van der Waals surface area contributed by atoms with E-state index in [1.54, 1.807) is 7.11 Å². The van der Waals surface area contributed by atoms with Crippen molar-refractivity contribution in [3.05, 3.63) is 26.6 Å². The number of halogens is 2. The van der Waals surface area contributed by atoms with Crippen molar-refractivity contribution in [1.82, 2.24) is 5.32 Å². The van der Waals surface area contributed by atoms with Gasteiger partial charge in [-0.3, -0.25) is 0 Å². The molecule has 0 aliphatic carbocycles. The zero-order valence-corrected chi connectivity index (χ0v) is 15.9. The number of methoxy groups -OCH3 is 1. The summed E-state index contributed by atoms with van der Waals surface area (Å²) in [6.07, 6.45) is 0.0658. The molecule has 0 heterocycles. The lowest BCUT2D eigenvalue weighted by Gasteiger charge is -2.21. The zero-order valence-electron chi connectivity index (χ0n) is 12.7. The average Bonchev–Trinajstić information content (AvgIpc) is 2.34. The van der Waals surface area contributed by atoms with Crippen LogP contribution < -0.4 is 10.1 Å². The Bertz CT molecular complexity index is 421. The second-order valence-corrected chi connectivity index (χ2v) is 7.56. The summed E-state index contributed by atoms with van der Waals surface area (Å²) in [7, 11) is 1.68. The molecular formula is C15H23Br2NO2. The molecule has 114 valence electrons. The van der Waals surface area contributed by atoms with Crippen LogP contribution in [0.5, 0.6) is 5.75 Å². The Morgan fingerprint density at radius 2 is 1.75 bits per heavy atom. The Labute approximate surface area is 138 Å². The largest absolute Gasteiger partial charge is 0.489 e. The van der Waals surface area contributed by atoms with E-state index in [4.69, 9.17) is 9.47 Å². The fourth-order valence-corrected chi connectivity index (χ4v) is 3.00. The third-order valence-electron chi connectivity index (χ3n) is 2.75. The van der Waals surface area contributed by atoms with E-state index in [0.717, 1.165) is 21.2 Å². The molecule has 0 aliphatic rings. The lowest BCUT2D eigenvalue weighted by molar-refractivity contribution is 0.0711. The maximum absolute atomic E-state index is 5.78. The van der Waals surface area contributed by atoms with Gasteiger partial charge >= 0.3 is 0 Å². The van der Waals surface area contributed by atoms with E-state index in [-0.39, 0.29) is 11.6 Å². The molecular weight excluding hydrogens is 386 g/mol. The van der Waals surface area contributed by atoms with Crippen LogP contribution in [-0.2, 0) is 11.3 Å². The summed E-state index contributed by atoms with van der Waals surface area (Å²) < 4.78 is 12.9. The number of ether oxygens (including phenoxy) is 2. The SMILES string of the molecule is COC(C)COc1c(Br)cc(CNC(C)(C)C)cc1Br. The first-order chi connectivity index (χ1) is 9.23. The molecule has 0 aliphatic heterocycles. The lowest BCUT2D eigenvalue weighted by Crippen LogP contribution is -2.35. The molecule has 0 spiro atoms. The molecule has 1 rings (SSSR count). The Hall–Kier alpha value is -0.100. The van der Waals surface area contributed by atoms with Crippen molar-refractivity contribution in [1.29, 1.82) is 0 Å². The predicted molar refractivity (Wildman–Crippen MR) is 90.4 cm³/mol. The van der Waals surface area contributed by atoms with Gasteiger partial charge in [0.25, 0.3) is 0 Å². The van der Waals surface area contributed by atoms with Crippen LogP contribution in [0, 0.1) is 0 Å². The molecule has 1 aromatic rings. The van der Waals surface area contributed by atoms with Gasteiger partial charge in [0.05, 0.1) is 15.0 Å². The summed E-state index contributed by atoms with van der Waals surface area (Å²) in [5.74, 6) is 0.813. The third kappa shape index (κ3) is 6.12. The Morgan fingerprint density at radius 3 is 2.20 bits per heavy atom. The Morgan fingerprint density at radius 1 is 1.20 bits per heavy atom. The highest BCUT2D eigenvalue weighted by atomic mass is 79.9. The van der Waals surface area contributed by atoms with Crippen LogP contribution in [0.25, 0.3) is 0 Å². The van der Waals surface area contributed by atoms with Gasteiger partial charge in [-0.2, -0.15) is 0 Å². The summed E-state index contributed by atoms with van der Waals surface area (Å²) >= 11 is 7.13. The first-order valence-electron chi connectivity index (χ1n) is 6.61. The first-order valence-corrected chi connectivity index (χ1v) is 8.20. The minimum atomic E-state index is 0.0658. The van der Waals surface area contributed by atoms with Crippen molar-refractivity contribution in [3.8, 4) is 5.75 Å². The highest BCUT2D eigenvalue weighted by molar-refractivity contribution is 9.11. The first kappa shape index (κ1) is 18.0. The van der Waals surface area contributed by atoms with Crippen molar-refractivity contribution in [2.75, 3.05) is 13.7 Å². The van der Waals surface area contributed by atoms with Gasteiger partial charge in [0.2, 0.25) is 0 Å². The highest BCUT2D eigenvalue weighted by Gasteiger charge is 2.13. The number of nitrogens with one attached hydrogen (secondary N) is 1. The maximum Gasteiger partial charge on any atom is 0.147 e. The molecule has 0 aromatic heterocycles. The number of hydrogen-bond donors (Lipinski definition) is 1. The summed E-state index contributed by atoms with van der Waals surface area (Å²) in [6.45, 7) is 9.77.